The van der Waals surface area contributed by atoms with Gasteiger partial charge < -0.3 is 10.1 Å². The fraction of sp³-hybridized carbons (Fsp3) is 0.263. The van der Waals surface area contributed by atoms with E-state index in [1.54, 1.807) is 18.2 Å². The summed E-state index contributed by atoms with van der Waals surface area (Å²) in [5.41, 5.74) is 2.14. The molecule has 1 N–H and O–H groups in total. The van der Waals surface area contributed by atoms with Crippen LogP contribution in [-0.4, -0.2) is 12.0 Å². The zero-order chi connectivity index (χ0) is 17.6. The number of nitrogens with one attached hydrogen (secondary N) is 1. The molecule has 0 bridgehead atoms. The normalized spacial score (nSPS) is 23.5. The smallest absolute Gasteiger partial charge is 0.273 e. The highest BCUT2D eigenvalue weighted by Gasteiger charge is 2.40. The molecule has 128 valence electrons. The van der Waals surface area contributed by atoms with Crippen molar-refractivity contribution < 1.29 is 14.1 Å². The van der Waals surface area contributed by atoms with Crippen LogP contribution in [0.4, 0.5) is 15.8 Å². The van der Waals surface area contributed by atoms with Crippen LogP contribution in [0.3, 0.4) is 0 Å². The second-order valence-corrected chi connectivity index (χ2v) is 6.37. The van der Waals surface area contributed by atoms with Gasteiger partial charge >= 0.3 is 0 Å². The first-order valence-electron chi connectivity index (χ1n) is 8.14. The minimum atomic E-state index is -0.417. The maximum Gasteiger partial charge on any atom is 0.273 e. The molecule has 0 aromatic heterocycles. The van der Waals surface area contributed by atoms with E-state index in [1.165, 1.54) is 19.2 Å². The summed E-state index contributed by atoms with van der Waals surface area (Å²) in [7, 11) is 1.48. The molecule has 2 aromatic carbocycles. The topological polar surface area (TPSA) is 64.4 Å². The van der Waals surface area contributed by atoms with Crippen molar-refractivity contribution in [3.05, 3.63) is 75.6 Å². The van der Waals surface area contributed by atoms with Gasteiger partial charge in [-0.15, -0.1) is 0 Å². The zero-order valence-corrected chi connectivity index (χ0v) is 13.6. The van der Waals surface area contributed by atoms with E-state index in [-0.39, 0.29) is 29.4 Å². The predicted molar refractivity (Wildman–Crippen MR) is 92.4 cm³/mol. The lowest BCUT2D eigenvalue weighted by Gasteiger charge is -2.38. The van der Waals surface area contributed by atoms with Gasteiger partial charge in [-0.25, -0.2) is 4.39 Å². The largest absolute Gasteiger partial charge is 0.494 e. The number of fused-ring (bicyclic) bond motifs is 3. The Morgan fingerprint density at radius 2 is 2.08 bits per heavy atom. The Bertz CT molecular complexity index is 881. The average molecular weight is 340 g/mol. The molecule has 1 aliphatic carbocycles. The first-order chi connectivity index (χ1) is 12.1. The summed E-state index contributed by atoms with van der Waals surface area (Å²) in [5.74, 6) is 0.255. The lowest BCUT2D eigenvalue weighted by atomic mass is 9.76. The number of rotatable bonds is 3. The number of hydrogen-bond donors (Lipinski definition) is 1. The molecule has 2 aliphatic rings. The van der Waals surface area contributed by atoms with Crippen LogP contribution in [0.1, 0.15) is 29.5 Å². The molecule has 5 nitrogen and oxygen atoms in total. The van der Waals surface area contributed by atoms with E-state index in [1.807, 2.05) is 6.07 Å². The van der Waals surface area contributed by atoms with Gasteiger partial charge in [-0.1, -0.05) is 30.4 Å². The number of halogens is 1. The van der Waals surface area contributed by atoms with Gasteiger partial charge in [0.15, 0.2) is 0 Å². The number of nitro benzene ring substituents is 1. The number of nitrogens with zero attached hydrogens (tertiary/aromatic N) is 1. The molecule has 1 heterocycles. The Labute approximate surface area is 144 Å². The molecule has 1 aliphatic heterocycles. The van der Waals surface area contributed by atoms with Gasteiger partial charge in [0, 0.05) is 17.5 Å². The molecule has 2 aromatic rings. The van der Waals surface area contributed by atoms with Gasteiger partial charge in [0.25, 0.3) is 5.69 Å². The molecule has 0 amide bonds. The van der Waals surface area contributed by atoms with E-state index in [4.69, 9.17) is 4.74 Å². The van der Waals surface area contributed by atoms with Crippen molar-refractivity contribution in [1.29, 1.82) is 0 Å². The van der Waals surface area contributed by atoms with E-state index < -0.39 is 4.92 Å². The molecule has 0 spiro atoms. The molecule has 6 heteroatoms. The van der Waals surface area contributed by atoms with Gasteiger partial charge in [0.2, 0.25) is 0 Å². The van der Waals surface area contributed by atoms with Crippen molar-refractivity contribution in [2.75, 3.05) is 12.4 Å². The number of allylic oxidation sites excluding steroid dienone is 2. The molecule has 0 radical (unpaired) electrons. The number of hydrogen-bond acceptors (Lipinski definition) is 4. The standard InChI is InChI=1S/C19H17FN2O3/c1-25-17-10-11(22(23)24)9-15-12-6-4-7-13(12)18(21-19(15)17)14-5-2-3-8-16(14)20/h2-6,8-10,12-13,18,21H,7H2,1H3/t12-,13+,18+/m1/s1. The van der Waals surface area contributed by atoms with E-state index >= 15 is 0 Å². The van der Waals surface area contributed by atoms with E-state index in [0.717, 1.165) is 12.0 Å². The van der Waals surface area contributed by atoms with Gasteiger partial charge in [-0.2, -0.15) is 0 Å². The Balaban J connectivity index is 1.87. The average Bonchev–Trinajstić information content (AvgIpc) is 3.10. The van der Waals surface area contributed by atoms with E-state index in [9.17, 15) is 14.5 Å². The van der Waals surface area contributed by atoms with Crippen LogP contribution in [0.15, 0.2) is 48.6 Å². The minimum Gasteiger partial charge on any atom is -0.494 e. The van der Waals surface area contributed by atoms with Crippen LogP contribution in [0.5, 0.6) is 5.75 Å². The molecule has 3 atom stereocenters. The summed E-state index contributed by atoms with van der Waals surface area (Å²) >= 11 is 0. The van der Waals surface area contributed by atoms with E-state index in [2.05, 4.69) is 17.5 Å². The summed E-state index contributed by atoms with van der Waals surface area (Å²) in [4.78, 5) is 10.8. The number of ether oxygens (including phenoxy) is 1. The Morgan fingerprint density at radius 3 is 2.80 bits per heavy atom. The molecule has 0 saturated heterocycles. The van der Waals surface area contributed by atoms with Crippen LogP contribution >= 0.6 is 0 Å². The van der Waals surface area contributed by atoms with Gasteiger partial charge in [0.05, 0.1) is 29.8 Å². The quantitative estimate of drug-likeness (QED) is 0.505. The second-order valence-electron chi connectivity index (χ2n) is 6.37. The fourth-order valence-corrected chi connectivity index (χ4v) is 3.95. The molecule has 0 saturated carbocycles. The third-order valence-corrected chi connectivity index (χ3v) is 5.09. The van der Waals surface area contributed by atoms with Gasteiger partial charge in [0.1, 0.15) is 11.6 Å². The summed E-state index contributed by atoms with van der Waals surface area (Å²) < 4.78 is 19.8. The lowest BCUT2D eigenvalue weighted by molar-refractivity contribution is -0.385. The molecule has 4 rings (SSSR count). The fourth-order valence-electron chi connectivity index (χ4n) is 3.95. The first-order valence-corrected chi connectivity index (χ1v) is 8.14. The van der Waals surface area contributed by atoms with Crippen LogP contribution < -0.4 is 10.1 Å². The number of non-ortho nitro benzene ring substituents is 1. The Kier molecular flexibility index (Phi) is 3.67. The molecule has 25 heavy (non-hydrogen) atoms. The highest BCUT2D eigenvalue weighted by atomic mass is 19.1. The molecule has 0 fully saturated rings. The predicted octanol–water partition coefficient (Wildman–Crippen LogP) is 4.57. The van der Waals surface area contributed by atoms with Crippen molar-refractivity contribution in [1.82, 2.24) is 0 Å². The first kappa shape index (κ1) is 15.6. The maximum absolute atomic E-state index is 14.4. The summed E-state index contributed by atoms with van der Waals surface area (Å²) in [6, 6.07) is 9.51. The second kappa shape index (κ2) is 5.88. The van der Waals surface area contributed by atoms with Crippen LogP contribution in [0.2, 0.25) is 0 Å². The van der Waals surface area contributed by atoms with Crippen LogP contribution in [0, 0.1) is 21.8 Å². The molecular formula is C19H17FN2O3. The summed E-state index contributed by atoms with van der Waals surface area (Å²) in [5, 5.41) is 14.6. The maximum atomic E-state index is 14.4. The Hall–Kier alpha value is -2.89. The number of nitro groups is 1. The highest BCUT2D eigenvalue weighted by Crippen LogP contribution is 2.53. The molecular weight excluding hydrogens is 323 g/mol. The minimum absolute atomic E-state index is 0.000733. The van der Waals surface area contributed by atoms with Crippen molar-refractivity contribution in [3.63, 3.8) is 0 Å². The number of anilines is 1. The number of benzene rings is 2. The lowest BCUT2D eigenvalue weighted by Crippen LogP contribution is -2.30. The van der Waals surface area contributed by atoms with Crippen molar-refractivity contribution in [2.45, 2.75) is 18.4 Å². The third kappa shape index (κ3) is 2.45. The Morgan fingerprint density at radius 1 is 1.28 bits per heavy atom. The summed E-state index contributed by atoms with van der Waals surface area (Å²) in [6.07, 6.45) is 4.91. The van der Waals surface area contributed by atoms with Crippen LogP contribution in [-0.2, 0) is 0 Å². The third-order valence-electron chi connectivity index (χ3n) is 5.09. The number of methoxy groups -OCH3 is 1. The van der Waals surface area contributed by atoms with Crippen LogP contribution in [0.25, 0.3) is 0 Å². The van der Waals surface area contributed by atoms with Crippen molar-refractivity contribution >= 4 is 11.4 Å². The SMILES string of the molecule is COc1cc([N+](=O)[O-])cc2c1N[C@H](c1ccccc1F)[C@H]1CC=C[C@@H]21. The van der Waals surface area contributed by atoms with Crippen molar-refractivity contribution in [2.24, 2.45) is 5.92 Å². The van der Waals surface area contributed by atoms with E-state index in [0.29, 0.717) is 17.0 Å². The molecule has 0 unspecified atom stereocenters. The monoisotopic (exact) mass is 340 g/mol. The van der Waals surface area contributed by atoms with Gasteiger partial charge in [-0.3, -0.25) is 10.1 Å². The summed E-state index contributed by atoms with van der Waals surface area (Å²) in [6.45, 7) is 0. The van der Waals surface area contributed by atoms with Gasteiger partial charge in [-0.05, 0) is 24.0 Å². The zero-order valence-electron chi connectivity index (χ0n) is 13.6. The highest BCUT2D eigenvalue weighted by molar-refractivity contribution is 5.71. The van der Waals surface area contributed by atoms with Crippen molar-refractivity contribution in [3.8, 4) is 5.75 Å².